The van der Waals surface area contributed by atoms with Crippen LogP contribution in [0.1, 0.15) is 27.0 Å². The van der Waals surface area contributed by atoms with Crippen molar-refractivity contribution in [1.29, 1.82) is 0 Å². The highest BCUT2D eigenvalue weighted by molar-refractivity contribution is 5.98. The summed E-state index contributed by atoms with van der Waals surface area (Å²) in [6.45, 7) is 3.65. The quantitative estimate of drug-likeness (QED) is 0.571. The summed E-state index contributed by atoms with van der Waals surface area (Å²) in [7, 11) is 3.08. The highest BCUT2D eigenvalue weighted by Crippen LogP contribution is 2.27. The number of hydrogen-bond acceptors (Lipinski definition) is 5. The SMILES string of the molecule is COc1ccc(CC(=O)OCC(=O)c2ccc(C)c(C)c2)cc1OC. The predicted molar refractivity (Wildman–Crippen MR) is 94.5 cm³/mol. The summed E-state index contributed by atoms with van der Waals surface area (Å²) in [6.07, 6.45) is 0.0561. The Morgan fingerprint density at radius 1 is 0.880 bits per heavy atom. The molecule has 25 heavy (non-hydrogen) atoms. The second-order valence-electron chi connectivity index (χ2n) is 5.75. The van der Waals surface area contributed by atoms with Crippen molar-refractivity contribution >= 4 is 11.8 Å². The van der Waals surface area contributed by atoms with Crippen molar-refractivity contribution in [3.05, 3.63) is 58.7 Å². The molecule has 0 aromatic heterocycles. The summed E-state index contributed by atoms with van der Waals surface area (Å²) in [5.41, 5.74) is 3.41. The summed E-state index contributed by atoms with van der Waals surface area (Å²) in [4.78, 5) is 24.1. The molecule has 2 aromatic rings. The Morgan fingerprint density at radius 2 is 1.60 bits per heavy atom. The lowest BCUT2D eigenvalue weighted by atomic mass is 10.0. The molecule has 0 heterocycles. The Kier molecular flexibility index (Phi) is 6.17. The van der Waals surface area contributed by atoms with Crippen molar-refractivity contribution in [3.63, 3.8) is 0 Å². The Bertz CT molecular complexity index is 780. The Labute approximate surface area is 147 Å². The Morgan fingerprint density at radius 3 is 2.24 bits per heavy atom. The van der Waals surface area contributed by atoms with E-state index >= 15 is 0 Å². The number of ketones is 1. The molecule has 0 aliphatic carbocycles. The molecule has 0 amide bonds. The van der Waals surface area contributed by atoms with E-state index in [2.05, 4.69) is 0 Å². The third-order valence-corrected chi connectivity index (χ3v) is 3.99. The average Bonchev–Trinajstić information content (AvgIpc) is 2.61. The minimum Gasteiger partial charge on any atom is -0.493 e. The van der Waals surface area contributed by atoms with E-state index < -0.39 is 5.97 Å². The molecular weight excluding hydrogens is 320 g/mol. The van der Waals surface area contributed by atoms with Gasteiger partial charge in [0.2, 0.25) is 0 Å². The number of Topliss-reactive ketones (excluding diaryl/α,β-unsaturated/α-hetero) is 1. The molecule has 0 saturated carbocycles. The minimum absolute atomic E-state index is 0.0561. The molecular formula is C20H22O5. The number of carbonyl (C=O) groups excluding carboxylic acids is 2. The van der Waals surface area contributed by atoms with Crippen LogP contribution in [0.2, 0.25) is 0 Å². The molecule has 5 heteroatoms. The largest absolute Gasteiger partial charge is 0.493 e. The van der Waals surface area contributed by atoms with Gasteiger partial charge in [0, 0.05) is 5.56 Å². The van der Waals surface area contributed by atoms with E-state index in [1.807, 2.05) is 19.9 Å². The van der Waals surface area contributed by atoms with Crippen molar-refractivity contribution in [3.8, 4) is 11.5 Å². The lowest BCUT2D eigenvalue weighted by Crippen LogP contribution is -2.16. The smallest absolute Gasteiger partial charge is 0.310 e. The van der Waals surface area contributed by atoms with Gasteiger partial charge in [-0.15, -0.1) is 0 Å². The van der Waals surface area contributed by atoms with Crippen molar-refractivity contribution in [1.82, 2.24) is 0 Å². The summed E-state index contributed by atoms with van der Waals surface area (Å²) >= 11 is 0. The zero-order valence-electron chi connectivity index (χ0n) is 14.9. The summed E-state index contributed by atoms with van der Waals surface area (Å²) in [6, 6.07) is 10.6. The third kappa shape index (κ3) is 4.83. The van der Waals surface area contributed by atoms with Crippen molar-refractivity contribution in [2.75, 3.05) is 20.8 Å². The first-order valence-corrected chi connectivity index (χ1v) is 7.91. The maximum absolute atomic E-state index is 12.1. The second kappa shape index (κ2) is 8.33. The minimum atomic E-state index is -0.468. The predicted octanol–water partition coefficient (Wildman–Crippen LogP) is 3.29. The second-order valence-corrected chi connectivity index (χ2v) is 5.75. The lowest BCUT2D eigenvalue weighted by molar-refractivity contribution is -0.141. The topological polar surface area (TPSA) is 61.8 Å². The highest BCUT2D eigenvalue weighted by Gasteiger charge is 2.13. The maximum Gasteiger partial charge on any atom is 0.310 e. The van der Waals surface area contributed by atoms with Gasteiger partial charge in [-0.25, -0.2) is 0 Å². The Balaban J connectivity index is 1.94. The number of methoxy groups -OCH3 is 2. The molecule has 0 radical (unpaired) electrons. The first-order valence-electron chi connectivity index (χ1n) is 7.91. The van der Waals surface area contributed by atoms with Gasteiger partial charge in [-0.2, -0.15) is 0 Å². The first-order chi connectivity index (χ1) is 11.9. The molecule has 0 unspecified atom stereocenters. The number of carbonyl (C=O) groups is 2. The summed E-state index contributed by atoms with van der Waals surface area (Å²) in [5, 5.41) is 0. The van der Waals surface area contributed by atoms with Crippen molar-refractivity contribution in [2.45, 2.75) is 20.3 Å². The van der Waals surface area contributed by atoms with Crippen LogP contribution in [0.4, 0.5) is 0 Å². The van der Waals surface area contributed by atoms with Gasteiger partial charge in [-0.3, -0.25) is 9.59 Å². The van der Waals surface area contributed by atoms with E-state index in [1.165, 1.54) is 7.11 Å². The van der Waals surface area contributed by atoms with E-state index in [1.54, 1.807) is 37.4 Å². The fourth-order valence-corrected chi connectivity index (χ4v) is 2.35. The molecule has 0 spiro atoms. The van der Waals surface area contributed by atoms with Gasteiger partial charge >= 0.3 is 5.97 Å². The molecule has 2 aromatic carbocycles. The molecule has 0 fully saturated rings. The van der Waals surface area contributed by atoms with Crippen LogP contribution in [-0.4, -0.2) is 32.6 Å². The van der Waals surface area contributed by atoms with Gasteiger partial charge in [-0.05, 0) is 48.7 Å². The number of rotatable bonds is 7. The normalized spacial score (nSPS) is 10.2. The van der Waals surface area contributed by atoms with Crippen molar-refractivity contribution in [2.24, 2.45) is 0 Å². The highest BCUT2D eigenvalue weighted by atomic mass is 16.5. The van der Waals surface area contributed by atoms with E-state index in [0.717, 1.165) is 16.7 Å². The Hall–Kier alpha value is -2.82. The standard InChI is InChI=1S/C20H22O5/c1-13-5-7-16(9-14(13)2)17(21)12-25-20(22)11-15-6-8-18(23-3)19(10-15)24-4/h5-10H,11-12H2,1-4H3. The van der Waals surface area contributed by atoms with Crippen LogP contribution in [-0.2, 0) is 16.0 Å². The van der Waals surface area contributed by atoms with Crippen LogP contribution in [0.3, 0.4) is 0 Å². The molecule has 0 bridgehead atoms. The number of esters is 1. The van der Waals surface area contributed by atoms with Gasteiger partial charge in [-0.1, -0.05) is 18.2 Å². The maximum atomic E-state index is 12.1. The molecule has 0 saturated heterocycles. The number of hydrogen-bond donors (Lipinski definition) is 0. The molecule has 5 nitrogen and oxygen atoms in total. The van der Waals surface area contributed by atoms with Crippen LogP contribution in [0.5, 0.6) is 11.5 Å². The molecule has 0 atom stereocenters. The van der Waals surface area contributed by atoms with Crippen molar-refractivity contribution < 1.29 is 23.8 Å². The third-order valence-electron chi connectivity index (χ3n) is 3.99. The van der Waals surface area contributed by atoms with Gasteiger partial charge in [0.1, 0.15) is 0 Å². The van der Waals surface area contributed by atoms with Crippen LogP contribution >= 0.6 is 0 Å². The van der Waals surface area contributed by atoms with Gasteiger partial charge in [0.15, 0.2) is 23.9 Å². The number of aryl methyl sites for hydroxylation is 2. The first kappa shape index (κ1) is 18.5. The molecule has 2 rings (SSSR count). The lowest BCUT2D eigenvalue weighted by Gasteiger charge is -2.10. The fourth-order valence-electron chi connectivity index (χ4n) is 2.35. The van der Waals surface area contributed by atoms with E-state index in [9.17, 15) is 9.59 Å². The average molecular weight is 342 g/mol. The van der Waals surface area contributed by atoms with E-state index in [-0.39, 0.29) is 18.8 Å². The monoisotopic (exact) mass is 342 g/mol. The zero-order chi connectivity index (χ0) is 18.4. The van der Waals surface area contributed by atoms with Crippen LogP contribution in [0.25, 0.3) is 0 Å². The summed E-state index contributed by atoms with van der Waals surface area (Å²) < 4.78 is 15.5. The fraction of sp³-hybridized carbons (Fsp3) is 0.300. The van der Waals surface area contributed by atoms with E-state index in [0.29, 0.717) is 17.1 Å². The van der Waals surface area contributed by atoms with E-state index in [4.69, 9.17) is 14.2 Å². The van der Waals surface area contributed by atoms with Crippen LogP contribution < -0.4 is 9.47 Å². The van der Waals surface area contributed by atoms with Crippen LogP contribution in [0, 0.1) is 13.8 Å². The molecule has 132 valence electrons. The molecule has 0 N–H and O–H groups in total. The van der Waals surface area contributed by atoms with Gasteiger partial charge < -0.3 is 14.2 Å². The molecule has 0 aliphatic rings. The van der Waals surface area contributed by atoms with Gasteiger partial charge in [0.25, 0.3) is 0 Å². The summed E-state index contributed by atoms with van der Waals surface area (Å²) in [5.74, 6) is 0.441. The van der Waals surface area contributed by atoms with Gasteiger partial charge in [0.05, 0.1) is 20.6 Å². The number of ether oxygens (including phenoxy) is 3. The number of benzene rings is 2. The molecule has 0 aliphatic heterocycles. The zero-order valence-corrected chi connectivity index (χ0v) is 14.9. The van der Waals surface area contributed by atoms with Crippen LogP contribution in [0.15, 0.2) is 36.4 Å².